The molecule has 0 unspecified atom stereocenters. The minimum absolute atomic E-state index is 0.0363. The number of hydrogen-bond donors (Lipinski definition) is 4. The zero-order chi connectivity index (χ0) is 41.2. The molecule has 11 heteroatoms. The molecule has 3 aromatic rings. The van der Waals surface area contributed by atoms with Crippen LogP contribution in [0.15, 0.2) is 66.7 Å². The summed E-state index contributed by atoms with van der Waals surface area (Å²) in [7, 11) is 9.55. The van der Waals surface area contributed by atoms with E-state index in [-0.39, 0.29) is 42.5 Å². The Morgan fingerprint density at radius 1 is 1.04 bits per heavy atom. The minimum Gasteiger partial charge on any atom is -0.496 e. The molecule has 9 atom stereocenters. The average Bonchev–Trinajstić information content (AvgIpc) is 3.56. The number of rotatable bonds is 16. The lowest BCUT2D eigenvalue weighted by atomic mass is 9.45. The van der Waals surface area contributed by atoms with Crippen molar-refractivity contribution in [1.82, 2.24) is 20.6 Å². The van der Waals surface area contributed by atoms with Gasteiger partial charge in [0.15, 0.2) is 0 Å². The first-order chi connectivity index (χ1) is 27.1. The maximum atomic E-state index is 14.3. The van der Waals surface area contributed by atoms with Gasteiger partial charge < -0.3 is 35.4 Å². The van der Waals surface area contributed by atoms with Gasteiger partial charge in [-0.1, -0.05) is 69.3 Å². The molecule has 2 bridgehead atoms. The molecule has 4 fully saturated rings. The molecule has 1 aliphatic heterocycles. The molecule has 1 heterocycles. The third-order valence-corrected chi connectivity index (χ3v) is 13.2. The first-order valence-electron chi connectivity index (χ1n) is 20.6. The summed E-state index contributed by atoms with van der Waals surface area (Å²) in [4.78, 5) is 38.7. The van der Waals surface area contributed by atoms with Crippen LogP contribution in [0, 0.1) is 29.1 Å². The summed E-state index contributed by atoms with van der Waals surface area (Å²) in [6, 6.07) is 21.1. The predicted octanol–water partition coefficient (Wildman–Crippen LogP) is 5.38. The number of carbonyl (C=O) groups excluding carboxylic acids is 2. The SMILES string of the molecule is COc1c(CN2O[C@@H](CO)[C@@H]([C@H](C)O)[C@H]2C(=O)N[C@H]2C[C@H]3C[C@@H]([C@@H]2C)C3(C)C)cccc1-c1cc(C(=O)N[C@@H](CCc2ccccc2)CN(C)C)cc(N(C)C)c1. The number of ether oxygens (including phenoxy) is 1. The Morgan fingerprint density at radius 2 is 1.77 bits per heavy atom. The quantitative estimate of drug-likeness (QED) is 0.152. The second kappa shape index (κ2) is 17.9. The summed E-state index contributed by atoms with van der Waals surface area (Å²) in [5.41, 5.74) is 5.26. The van der Waals surface area contributed by atoms with Gasteiger partial charge in [0.05, 0.1) is 26.4 Å². The average molecular weight is 784 g/mol. The van der Waals surface area contributed by atoms with E-state index in [9.17, 15) is 19.8 Å². The van der Waals surface area contributed by atoms with Gasteiger partial charge in [0, 0.05) is 61.0 Å². The normalized spacial score (nSPS) is 26.4. The molecule has 7 rings (SSSR count). The van der Waals surface area contributed by atoms with Crippen molar-refractivity contribution in [1.29, 1.82) is 0 Å². The number of aliphatic hydroxyl groups is 2. The number of hydroxylamine groups is 2. The van der Waals surface area contributed by atoms with Gasteiger partial charge in [0.2, 0.25) is 5.91 Å². The van der Waals surface area contributed by atoms with Crippen LogP contribution in [0.2, 0.25) is 0 Å². The van der Waals surface area contributed by atoms with Crippen LogP contribution < -0.4 is 20.3 Å². The van der Waals surface area contributed by atoms with Gasteiger partial charge >= 0.3 is 0 Å². The fraction of sp³-hybridized carbons (Fsp3) is 0.565. The maximum absolute atomic E-state index is 14.3. The van der Waals surface area contributed by atoms with Gasteiger partial charge in [-0.05, 0) is 99.2 Å². The molecule has 1 saturated heterocycles. The second-order valence-electron chi connectivity index (χ2n) is 17.9. The predicted molar refractivity (Wildman–Crippen MR) is 225 cm³/mol. The molecule has 2 amide bonds. The Bertz CT molecular complexity index is 1850. The molecule has 310 valence electrons. The van der Waals surface area contributed by atoms with Crippen molar-refractivity contribution in [2.24, 2.45) is 29.1 Å². The molecule has 3 aromatic carbocycles. The maximum Gasteiger partial charge on any atom is 0.251 e. The van der Waals surface area contributed by atoms with Gasteiger partial charge in [-0.25, -0.2) is 0 Å². The number of carbonyl (C=O) groups is 2. The molecule has 11 nitrogen and oxygen atoms in total. The lowest BCUT2D eigenvalue weighted by molar-refractivity contribution is -0.183. The molecular formula is C46H65N5O6. The van der Waals surface area contributed by atoms with E-state index in [0.29, 0.717) is 35.6 Å². The highest BCUT2D eigenvalue weighted by molar-refractivity contribution is 5.97. The molecule has 3 aliphatic carbocycles. The topological polar surface area (TPSA) is 127 Å². The Hall–Kier alpha value is -4.00. The fourth-order valence-corrected chi connectivity index (χ4v) is 9.89. The van der Waals surface area contributed by atoms with E-state index in [2.05, 4.69) is 48.4 Å². The van der Waals surface area contributed by atoms with Crippen molar-refractivity contribution < 1.29 is 29.4 Å². The van der Waals surface area contributed by atoms with Gasteiger partial charge in [-0.3, -0.25) is 14.4 Å². The van der Waals surface area contributed by atoms with Crippen LogP contribution in [0.25, 0.3) is 11.1 Å². The van der Waals surface area contributed by atoms with Crippen LogP contribution in [0.4, 0.5) is 5.69 Å². The van der Waals surface area contributed by atoms with E-state index < -0.39 is 24.2 Å². The van der Waals surface area contributed by atoms with E-state index in [1.807, 2.05) is 87.7 Å². The molecule has 4 N–H and O–H groups in total. The molecule has 4 aliphatic rings. The molecule has 3 saturated carbocycles. The zero-order valence-corrected chi connectivity index (χ0v) is 35.4. The lowest BCUT2D eigenvalue weighted by Crippen LogP contribution is -2.62. The zero-order valence-electron chi connectivity index (χ0n) is 35.4. The summed E-state index contributed by atoms with van der Waals surface area (Å²) >= 11 is 0. The Labute approximate surface area is 339 Å². The third kappa shape index (κ3) is 9.18. The largest absolute Gasteiger partial charge is 0.496 e. The standard InChI is InChI=1S/C46H65N5O6/c1-28-38-23-34(46(38,3)4)24-39(28)48-45(55)42-41(29(2)53)40(27-52)57-51(42)25-31-16-13-17-37(43(31)56-9)32-20-33(22-36(21-32)50(7)8)44(54)47-35(26-49(5)6)19-18-30-14-11-10-12-15-30/h10-17,20-22,28-29,34-35,38-42,52-53H,18-19,23-27H2,1-9H3,(H,47,54)(H,48,55)/t28-,29-,34+,35-,38-,39-,40-,41+,42-/m0/s1. The van der Waals surface area contributed by atoms with Crippen molar-refractivity contribution in [2.75, 3.05) is 53.4 Å². The monoisotopic (exact) mass is 783 g/mol. The molecular weight excluding hydrogens is 719 g/mol. The number of benzene rings is 3. The number of hydrogen-bond acceptors (Lipinski definition) is 9. The van der Waals surface area contributed by atoms with E-state index >= 15 is 0 Å². The Kier molecular flexibility index (Phi) is 13.4. The van der Waals surface area contributed by atoms with E-state index in [0.717, 1.165) is 41.6 Å². The number of nitrogens with zero attached hydrogens (tertiary/aromatic N) is 3. The van der Waals surface area contributed by atoms with Crippen LogP contribution in [-0.2, 0) is 22.6 Å². The van der Waals surface area contributed by atoms with E-state index in [1.165, 1.54) is 12.0 Å². The second-order valence-corrected chi connectivity index (χ2v) is 17.9. The van der Waals surface area contributed by atoms with Crippen molar-refractivity contribution in [2.45, 2.75) is 90.3 Å². The summed E-state index contributed by atoms with van der Waals surface area (Å²) in [5.74, 6) is 1.05. The van der Waals surface area contributed by atoms with Crippen LogP contribution in [-0.4, -0.2) is 111 Å². The summed E-state index contributed by atoms with van der Waals surface area (Å²) < 4.78 is 6.12. The van der Waals surface area contributed by atoms with Crippen molar-refractivity contribution in [3.05, 3.63) is 83.4 Å². The van der Waals surface area contributed by atoms with Gasteiger partial charge in [0.25, 0.3) is 5.91 Å². The number of para-hydroxylation sites is 1. The van der Waals surface area contributed by atoms with Crippen molar-refractivity contribution >= 4 is 17.5 Å². The molecule has 0 spiro atoms. The molecule has 0 aromatic heterocycles. The fourth-order valence-electron chi connectivity index (χ4n) is 9.89. The molecule has 57 heavy (non-hydrogen) atoms. The first-order valence-corrected chi connectivity index (χ1v) is 20.6. The van der Waals surface area contributed by atoms with E-state index in [4.69, 9.17) is 9.57 Å². The number of methoxy groups -OCH3 is 1. The van der Waals surface area contributed by atoms with Crippen LogP contribution >= 0.6 is 0 Å². The van der Waals surface area contributed by atoms with Gasteiger partial charge in [0.1, 0.15) is 17.9 Å². The first kappa shape index (κ1) is 42.6. The Morgan fingerprint density at radius 3 is 2.39 bits per heavy atom. The van der Waals surface area contributed by atoms with Gasteiger partial charge in [-0.2, -0.15) is 5.06 Å². The summed E-state index contributed by atoms with van der Waals surface area (Å²) in [5, 5.41) is 29.7. The summed E-state index contributed by atoms with van der Waals surface area (Å²) in [6.45, 7) is 9.11. The number of nitrogens with one attached hydrogen (secondary N) is 2. The van der Waals surface area contributed by atoms with Crippen LogP contribution in [0.1, 0.15) is 68.4 Å². The van der Waals surface area contributed by atoms with Crippen LogP contribution in [0.3, 0.4) is 0 Å². The number of anilines is 1. The highest BCUT2D eigenvalue weighted by Gasteiger charge is 2.57. The molecule has 0 radical (unpaired) electrons. The number of likely N-dealkylation sites (N-methyl/N-ethyl adjacent to an activating group) is 1. The third-order valence-electron chi connectivity index (χ3n) is 13.2. The van der Waals surface area contributed by atoms with Gasteiger partial charge in [-0.15, -0.1) is 0 Å². The lowest BCUT2D eigenvalue weighted by Gasteiger charge is -2.62. The number of amides is 2. The van der Waals surface area contributed by atoms with Crippen LogP contribution in [0.5, 0.6) is 5.75 Å². The van der Waals surface area contributed by atoms with E-state index in [1.54, 1.807) is 19.1 Å². The van der Waals surface area contributed by atoms with Crippen molar-refractivity contribution in [3.63, 3.8) is 0 Å². The number of fused-ring (bicyclic) bond motifs is 2. The Balaban J connectivity index is 1.27. The highest BCUT2D eigenvalue weighted by Crippen LogP contribution is 2.61. The number of aliphatic hydroxyl groups excluding tert-OH is 2. The highest BCUT2D eigenvalue weighted by atomic mass is 16.7. The summed E-state index contributed by atoms with van der Waals surface area (Å²) in [6.07, 6.45) is 2.13. The van der Waals surface area contributed by atoms with Crippen molar-refractivity contribution in [3.8, 4) is 16.9 Å². The minimum atomic E-state index is -0.902. The number of aryl methyl sites for hydroxylation is 1. The smallest absolute Gasteiger partial charge is 0.251 e.